The van der Waals surface area contributed by atoms with Crippen LogP contribution in [0.4, 0.5) is 5.69 Å². The summed E-state index contributed by atoms with van der Waals surface area (Å²) in [5, 5.41) is 10.5. The van der Waals surface area contributed by atoms with Crippen molar-refractivity contribution in [2.45, 2.75) is 6.92 Å². The highest BCUT2D eigenvalue weighted by Gasteiger charge is 2.23. The van der Waals surface area contributed by atoms with E-state index < -0.39 is 11.8 Å². The lowest BCUT2D eigenvalue weighted by atomic mass is 10.2. The molecule has 24 heavy (non-hydrogen) atoms. The van der Waals surface area contributed by atoms with Crippen molar-refractivity contribution in [3.63, 3.8) is 0 Å². The molecule has 3 rings (SSSR count). The van der Waals surface area contributed by atoms with Crippen LogP contribution in [0.2, 0.25) is 15.1 Å². The Morgan fingerprint density at radius 3 is 2.67 bits per heavy atom. The van der Waals surface area contributed by atoms with Crippen molar-refractivity contribution in [2.24, 2.45) is 5.73 Å². The Morgan fingerprint density at radius 2 is 2.00 bits per heavy atom. The first-order valence-electron chi connectivity index (χ1n) is 6.52. The van der Waals surface area contributed by atoms with E-state index >= 15 is 0 Å². The average Bonchev–Trinajstić information content (AvgIpc) is 3.00. The fourth-order valence-corrected chi connectivity index (χ4v) is 4.46. The number of aryl methyl sites for hydroxylation is 1. The predicted molar refractivity (Wildman–Crippen MR) is 96.7 cm³/mol. The van der Waals surface area contributed by atoms with Crippen LogP contribution in [0.15, 0.2) is 12.1 Å². The molecule has 0 bridgehead atoms. The number of hydrogen-bond acceptors (Lipinski definition) is 4. The fraction of sp³-hybridized carbons (Fsp3) is 0.0714. The minimum atomic E-state index is -0.757. The number of hydrogen-bond donors (Lipinski definition) is 3. The van der Waals surface area contributed by atoms with Gasteiger partial charge in [-0.1, -0.05) is 34.8 Å². The molecule has 2 amide bonds. The second-order valence-corrected chi connectivity index (χ2v) is 7.17. The maximum Gasteiger partial charge on any atom is 0.271 e. The Hall–Kier alpha value is -1.80. The van der Waals surface area contributed by atoms with Crippen LogP contribution in [-0.2, 0) is 0 Å². The molecule has 10 heteroatoms. The average molecular weight is 404 g/mol. The van der Waals surface area contributed by atoms with E-state index in [0.29, 0.717) is 25.8 Å². The van der Waals surface area contributed by atoms with Gasteiger partial charge < -0.3 is 11.1 Å². The molecule has 0 spiro atoms. The molecule has 2 heterocycles. The number of aromatic amines is 1. The molecule has 6 nitrogen and oxygen atoms in total. The fourth-order valence-electron chi connectivity index (χ4n) is 2.19. The zero-order valence-electron chi connectivity index (χ0n) is 12.0. The number of benzene rings is 1. The maximum absolute atomic E-state index is 12.6. The zero-order valence-corrected chi connectivity index (χ0v) is 15.1. The van der Waals surface area contributed by atoms with Gasteiger partial charge in [-0.2, -0.15) is 5.10 Å². The molecule has 0 atom stereocenters. The summed E-state index contributed by atoms with van der Waals surface area (Å²) in [4.78, 5) is 24.2. The van der Waals surface area contributed by atoms with E-state index in [9.17, 15) is 9.59 Å². The summed E-state index contributed by atoms with van der Waals surface area (Å²) in [5.74, 6) is -1.26. The summed E-state index contributed by atoms with van der Waals surface area (Å²) < 4.78 is 0.682. The molecule has 2 aromatic heterocycles. The van der Waals surface area contributed by atoms with Crippen molar-refractivity contribution in [1.82, 2.24) is 10.2 Å². The third-order valence-electron chi connectivity index (χ3n) is 3.28. The summed E-state index contributed by atoms with van der Waals surface area (Å²) in [7, 11) is 0. The minimum Gasteiger partial charge on any atom is -0.364 e. The van der Waals surface area contributed by atoms with E-state index in [1.807, 2.05) is 0 Å². The Labute approximate surface area is 154 Å². The molecule has 0 aliphatic carbocycles. The molecule has 0 radical (unpaired) electrons. The summed E-state index contributed by atoms with van der Waals surface area (Å²) >= 11 is 19.6. The van der Waals surface area contributed by atoms with Gasteiger partial charge in [0.1, 0.15) is 4.88 Å². The summed E-state index contributed by atoms with van der Waals surface area (Å²) in [6.07, 6.45) is 0. The second-order valence-electron chi connectivity index (χ2n) is 4.90. The number of nitrogens with two attached hydrogens (primary N) is 1. The number of anilines is 1. The normalized spacial score (nSPS) is 11.0. The van der Waals surface area contributed by atoms with Gasteiger partial charge in [0.15, 0.2) is 5.69 Å². The molecule has 0 saturated carbocycles. The van der Waals surface area contributed by atoms with Gasteiger partial charge in [-0.25, -0.2) is 0 Å². The molecule has 0 unspecified atom stereocenters. The van der Waals surface area contributed by atoms with Crippen LogP contribution in [0, 0.1) is 6.92 Å². The van der Waals surface area contributed by atoms with Gasteiger partial charge >= 0.3 is 0 Å². The molecular weight excluding hydrogens is 395 g/mol. The first-order chi connectivity index (χ1) is 11.3. The maximum atomic E-state index is 12.6. The van der Waals surface area contributed by atoms with Crippen LogP contribution in [0.3, 0.4) is 0 Å². The van der Waals surface area contributed by atoms with Crippen LogP contribution < -0.4 is 11.1 Å². The monoisotopic (exact) mass is 402 g/mol. The molecule has 4 N–H and O–H groups in total. The standard InChI is InChI=1S/C14H9Cl3N4O2S/c1-4-10(11(13(18)22)21-20-4)19-14(23)12-9(17)8-6(16)2-5(15)3-7(8)24-12/h2-3H,1H3,(H2,18,22)(H,19,23)(H,20,21). The molecule has 1 aromatic carbocycles. The van der Waals surface area contributed by atoms with Crippen LogP contribution in [0.1, 0.15) is 25.9 Å². The van der Waals surface area contributed by atoms with Gasteiger partial charge in [0.2, 0.25) is 0 Å². The van der Waals surface area contributed by atoms with E-state index in [1.54, 1.807) is 19.1 Å². The first kappa shape index (κ1) is 17.0. The lowest BCUT2D eigenvalue weighted by Crippen LogP contribution is -2.17. The smallest absolute Gasteiger partial charge is 0.271 e. The van der Waals surface area contributed by atoms with E-state index in [4.69, 9.17) is 40.5 Å². The highest BCUT2D eigenvalue weighted by Crippen LogP contribution is 2.41. The predicted octanol–water partition coefficient (Wildman–Crippen LogP) is 4.24. The van der Waals surface area contributed by atoms with E-state index in [0.717, 1.165) is 11.3 Å². The first-order valence-corrected chi connectivity index (χ1v) is 8.47. The summed E-state index contributed by atoms with van der Waals surface area (Å²) in [6, 6.07) is 3.23. The molecule has 0 aliphatic heterocycles. The van der Waals surface area contributed by atoms with Gasteiger partial charge in [0, 0.05) is 15.1 Å². The minimum absolute atomic E-state index is 0.0563. The Morgan fingerprint density at radius 1 is 1.29 bits per heavy atom. The number of H-pyrrole nitrogens is 1. The summed E-state index contributed by atoms with van der Waals surface area (Å²) in [6.45, 7) is 1.65. The van der Waals surface area contributed by atoms with E-state index in [1.165, 1.54) is 0 Å². The van der Waals surface area contributed by atoms with Gasteiger partial charge in [-0.05, 0) is 19.1 Å². The van der Waals surface area contributed by atoms with Crippen molar-refractivity contribution < 1.29 is 9.59 Å². The van der Waals surface area contributed by atoms with Crippen LogP contribution in [0.5, 0.6) is 0 Å². The number of rotatable bonds is 3. The topological polar surface area (TPSA) is 101 Å². The summed E-state index contributed by atoms with van der Waals surface area (Å²) in [5.41, 5.74) is 5.89. The molecular formula is C14H9Cl3N4O2S. The van der Waals surface area contributed by atoms with Gasteiger partial charge in [-0.15, -0.1) is 11.3 Å². The van der Waals surface area contributed by atoms with Crippen molar-refractivity contribution >= 4 is 73.7 Å². The molecule has 0 aliphatic rings. The van der Waals surface area contributed by atoms with E-state index in [2.05, 4.69) is 15.5 Å². The lowest BCUT2D eigenvalue weighted by Gasteiger charge is -2.04. The SMILES string of the molecule is Cc1[nH]nc(C(N)=O)c1NC(=O)c1sc2cc(Cl)cc(Cl)c2c1Cl. The number of aromatic nitrogens is 2. The number of amides is 2. The van der Waals surface area contributed by atoms with Gasteiger partial charge in [-0.3, -0.25) is 14.7 Å². The number of carbonyl (C=O) groups is 2. The van der Waals surface area contributed by atoms with Crippen molar-refractivity contribution in [1.29, 1.82) is 0 Å². The molecule has 0 saturated heterocycles. The third kappa shape index (κ3) is 2.84. The largest absolute Gasteiger partial charge is 0.364 e. The third-order valence-corrected chi connectivity index (χ3v) is 5.42. The second kappa shape index (κ2) is 6.25. The molecule has 0 fully saturated rings. The number of primary amides is 1. The Kier molecular flexibility index (Phi) is 4.44. The Bertz CT molecular complexity index is 996. The van der Waals surface area contributed by atoms with E-state index in [-0.39, 0.29) is 21.3 Å². The highest BCUT2D eigenvalue weighted by atomic mass is 35.5. The van der Waals surface area contributed by atoms with Crippen molar-refractivity contribution in [3.05, 3.63) is 43.5 Å². The number of halogens is 3. The molecule has 3 aromatic rings. The lowest BCUT2D eigenvalue weighted by molar-refractivity contribution is 0.0996. The number of nitrogens with zero attached hydrogens (tertiary/aromatic N) is 1. The number of nitrogens with one attached hydrogen (secondary N) is 2. The Balaban J connectivity index is 2.04. The number of carbonyl (C=O) groups excluding carboxylic acids is 2. The number of thiophene rings is 1. The van der Waals surface area contributed by atoms with Gasteiger partial charge in [0.05, 0.1) is 21.4 Å². The highest BCUT2D eigenvalue weighted by molar-refractivity contribution is 7.21. The van der Waals surface area contributed by atoms with Crippen molar-refractivity contribution in [2.75, 3.05) is 5.32 Å². The quantitative estimate of drug-likeness (QED) is 0.609. The zero-order chi connectivity index (χ0) is 17.6. The number of fused-ring (bicyclic) bond motifs is 1. The molecule has 124 valence electrons. The van der Waals surface area contributed by atoms with Crippen molar-refractivity contribution in [3.8, 4) is 0 Å². The van der Waals surface area contributed by atoms with Crippen LogP contribution >= 0.6 is 46.1 Å². The van der Waals surface area contributed by atoms with Crippen LogP contribution in [0.25, 0.3) is 10.1 Å². The van der Waals surface area contributed by atoms with Gasteiger partial charge in [0.25, 0.3) is 11.8 Å². The van der Waals surface area contributed by atoms with Crippen LogP contribution in [-0.4, -0.2) is 22.0 Å².